The third-order valence-electron chi connectivity index (χ3n) is 2.83. The van der Waals surface area contributed by atoms with Crippen molar-refractivity contribution in [2.24, 2.45) is 0 Å². The van der Waals surface area contributed by atoms with Gasteiger partial charge in [-0.05, 0) is 44.2 Å². The minimum absolute atomic E-state index is 0.124. The number of hydrogen-bond acceptors (Lipinski definition) is 3. The van der Waals surface area contributed by atoms with E-state index in [0.717, 1.165) is 0 Å². The first-order chi connectivity index (χ1) is 8.56. The zero-order chi connectivity index (χ0) is 13.1. The van der Waals surface area contributed by atoms with Gasteiger partial charge in [0.1, 0.15) is 11.6 Å². The smallest absolute Gasteiger partial charge is 0.123 e. The molecule has 18 heavy (non-hydrogen) atoms. The topological polar surface area (TPSA) is 32.3 Å². The van der Waals surface area contributed by atoms with Gasteiger partial charge in [0.15, 0.2) is 0 Å². The molecule has 4 heteroatoms. The molecule has 0 saturated heterocycles. The second-order valence-electron chi connectivity index (χ2n) is 4.32. The van der Waals surface area contributed by atoms with Gasteiger partial charge in [0.25, 0.3) is 0 Å². The molecule has 0 amide bonds. The predicted octanol–water partition coefficient (Wildman–Crippen LogP) is 3.75. The fraction of sp³-hybridized carbons (Fsp3) is 0.286. The zero-order valence-corrected chi connectivity index (χ0v) is 11.2. The Morgan fingerprint density at radius 3 is 2.78 bits per heavy atom. The van der Waals surface area contributed by atoms with Crippen molar-refractivity contribution < 1.29 is 9.50 Å². The van der Waals surface area contributed by atoms with Gasteiger partial charge in [-0.15, -0.1) is 11.3 Å². The lowest BCUT2D eigenvalue weighted by atomic mass is 10.1. The SMILES string of the molecule is Cc1ccc(C(C)NCc2cc(F)ccc2O)s1. The molecule has 0 aliphatic carbocycles. The molecule has 2 rings (SSSR count). The molecule has 1 aromatic heterocycles. The van der Waals surface area contributed by atoms with Crippen molar-refractivity contribution in [2.75, 3.05) is 0 Å². The van der Waals surface area contributed by atoms with Crippen molar-refractivity contribution in [2.45, 2.75) is 26.4 Å². The summed E-state index contributed by atoms with van der Waals surface area (Å²) >= 11 is 1.74. The minimum atomic E-state index is -0.329. The Hall–Kier alpha value is -1.39. The van der Waals surface area contributed by atoms with Crippen LogP contribution in [-0.4, -0.2) is 5.11 Å². The van der Waals surface area contributed by atoms with Crippen molar-refractivity contribution in [1.29, 1.82) is 0 Å². The largest absolute Gasteiger partial charge is 0.508 e. The second kappa shape index (κ2) is 5.50. The van der Waals surface area contributed by atoms with Gasteiger partial charge in [-0.2, -0.15) is 0 Å². The van der Waals surface area contributed by atoms with Crippen LogP contribution in [0.25, 0.3) is 0 Å². The summed E-state index contributed by atoms with van der Waals surface area (Å²) in [6, 6.07) is 8.35. The number of hydrogen-bond donors (Lipinski definition) is 2. The Morgan fingerprint density at radius 1 is 1.33 bits per heavy atom. The van der Waals surface area contributed by atoms with Gasteiger partial charge in [-0.25, -0.2) is 4.39 Å². The molecule has 0 aliphatic rings. The molecule has 2 nitrogen and oxygen atoms in total. The molecule has 0 bridgehead atoms. The first-order valence-corrected chi connectivity index (χ1v) is 6.65. The molecule has 0 fully saturated rings. The van der Waals surface area contributed by atoms with Crippen molar-refractivity contribution in [1.82, 2.24) is 5.32 Å². The molecular formula is C14H16FNOS. The summed E-state index contributed by atoms with van der Waals surface area (Å²) in [5, 5.41) is 12.9. The fourth-order valence-electron chi connectivity index (χ4n) is 1.75. The Bertz CT molecular complexity index is 538. The van der Waals surface area contributed by atoms with Crippen LogP contribution in [0.3, 0.4) is 0 Å². The summed E-state index contributed by atoms with van der Waals surface area (Å²) in [5.41, 5.74) is 0.579. The van der Waals surface area contributed by atoms with Gasteiger partial charge in [0.05, 0.1) is 0 Å². The minimum Gasteiger partial charge on any atom is -0.508 e. The van der Waals surface area contributed by atoms with Crippen molar-refractivity contribution in [3.05, 3.63) is 51.5 Å². The van der Waals surface area contributed by atoms with E-state index in [9.17, 15) is 9.50 Å². The number of aryl methyl sites for hydroxylation is 1. The van der Waals surface area contributed by atoms with E-state index >= 15 is 0 Å². The number of nitrogens with one attached hydrogen (secondary N) is 1. The highest BCUT2D eigenvalue weighted by molar-refractivity contribution is 7.12. The van der Waals surface area contributed by atoms with E-state index in [2.05, 4.69) is 31.3 Å². The maximum atomic E-state index is 13.1. The number of phenols is 1. The number of aromatic hydroxyl groups is 1. The van der Waals surface area contributed by atoms with Gasteiger partial charge >= 0.3 is 0 Å². The number of halogens is 1. The Labute approximate surface area is 110 Å². The third-order valence-corrected chi connectivity index (χ3v) is 4.01. The van der Waals surface area contributed by atoms with Gasteiger partial charge in [-0.1, -0.05) is 0 Å². The number of benzene rings is 1. The molecule has 0 aliphatic heterocycles. The van der Waals surface area contributed by atoms with Crippen LogP contribution < -0.4 is 5.32 Å². The van der Waals surface area contributed by atoms with Gasteiger partial charge in [-0.3, -0.25) is 0 Å². The van der Waals surface area contributed by atoms with Gasteiger partial charge in [0, 0.05) is 27.9 Å². The molecule has 1 atom stereocenters. The van der Waals surface area contributed by atoms with Crippen LogP contribution in [0.5, 0.6) is 5.75 Å². The maximum Gasteiger partial charge on any atom is 0.123 e. The van der Waals surface area contributed by atoms with E-state index < -0.39 is 0 Å². The quantitative estimate of drug-likeness (QED) is 0.882. The molecule has 1 heterocycles. The van der Waals surface area contributed by atoms with E-state index in [0.29, 0.717) is 12.1 Å². The van der Waals surface area contributed by atoms with Crippen LogP contribution in [0.4, 0.5) is 4.39 Å². The van der Waals surface area contributed by atoms with Crippen LogP contribution in [0.15, 0.2) is 30.3 Å². The van der Waals surface area contributed by atoms with E-state index in [1.807, 2.05) is 0 Å². The number of phenolic OH excluding ortho intramolecular Hbond substituents is 1. The summed E-state index contributed by atoms with van der Waals surface area (Å²) in [5.74, 6) is -0.206. The first kappa shape index (κ1) is 13.1. The lowest BCUT2D eigenvalue weighted by molar-refractivity contribution is 0.457. The molecule has 2 aromatic rings. The highest BCUT2D eigenvalue weighted by Gasteiger charge is 2.09. The van der Waals surface area contributed by atoms with Crippen molar-refractivity contribution in [3.63, 3.8) is 0 Å². The summed E-state index contributed by atoms with van der Waals surface area (Å²) in [6.07, 6.45) is 0. The zero-order valence-electron chi connectivity index (χ0n) is 10.4. The summed E-state index contributed by atoms with van der Waals surface area (Å²) < 4.78 is 13.1. The number of rotatable bonds is 4. The Balaban J connectivity index is 2.01. The maximum absolute atomic E-state index is 13.1. The lowest BCUT2D eigenvalue weighted by Gasteiger charge is -2.13. The Kier molecular flexibility index (Phi) is 3.99. The predicted molar refractivity (Wildman–Crippen MR) is 72.4 cm³/mol. The van der Waals surface area contributed by atoms with E-state index in [-0.39, 0.29) is 17.6 Å². The standard InChI is InChI=1S/C14H16FNOS/c1-9-3-6-14(18-9)10(2)16-8-11-7-12(15)4-5-13(11)17/h3-7,10,16-17H,8H2,1-2H3. The average Bonchev–Trinajstić information content (AvgIpc) is 2.77. The van der Waals surface area contributed by atoms with E-state index in [4.69, 9.17) is 0 Å². The van der Waals surface area contributed by atoms with Crippen LogP contribution in [-0.2, 0) is 6.54 Å². The van der Waals surface area contributed by atoms with E-state index in [1.165, 1.54) is 28.0 Å². The number of thiophene rings is 1. The lowest BCUT2D eigenvalue weighted by Crippen LogP contribution is -2.17. The molecule has 0 radical (unpaired) electrons. The molecule has 0 saturated carbocycles. The van der Waals surface area contributed by atoms with Crippen LogP contribution in [0.1, 0.15) is 28.3 Å². The van der Waals surface area contributed by atoms with E-state index in [1.54, 1.807) is 11.3 Å². The monoisotopic (exact) mass is 265 g/mol. The van der Waals surface area contributed by atoms with Crippen LogP contribution in [0, 0.1) is 12.7 Å². The normalized spacial score (nSPS) is 12.6. The average molecular weight is 265 g/mol. The molecule has 96 valence electrons. The molecule has 2 N–H and O–H groups in total. The van der Waals surface area contributed by atoms with Gasteiger partial charge < -0.3 is 10.4 Å². The molecule has 1 unspecified atom stereocenters. The molecular weight excluding hydrogens is 249 g/mol. The molecule has 1 aromatic carbocycles. The highest BCUT2D eigenvalue weighted by atomic mass is 32.1. The third kappa shape index (κ3) is 3.09. The summed E-state index contributed by atoms with van der Waals surface area (Å²) in [4.78, 5) is 2.51. The van der Waals surface area contributed by atoms with Crippen LogP contribution in [0.2, 0.25) is 0 Å². The molecule has 0 spiro atoms. The van der Waals surface area contributed by atoms with Crippen LogP contribution >= 0.6 is 11.3 Å². The van der Waals surface area contributed by atoms with Gasteiger partial charge in [0.2, 0.25) is 0 Å². The second-order valence-corrected chi connectivity index (χ2v) is 5.64. The summed E-state index contributed by atoms with van der Waals surface area (Å²) in [7, 11) is 0. The highest BCUT2D eigenvalue weighted by Crippen LogP contribution is 2.24. The van der Waals surface area contributed by atoms with Crippen molar-refractivity contribution >= 4 is 11.3 Å². The summed E-state index contributed by atoms with van der Waals surface area (Å²) in [6.45, 7) is 4.57. The van der Waals surface area contributed by atoms with Crippen molar-refractivity contribution in [3.8, 4) is 5.75 Å². The fourth-order valence-corrected chi connectivity index (χ4v) is 2.65. The Morgan fingerprint density at radius 2 is 2.11 bits per heavy atom. The first-order valence-electron chi connectivity index (χ1n) is 5.83.